The summed E-state index contributed by atoms with van der Waals surface area (Å²) in [5, 5.41) is 7.89. The molecule has 16 heavy (non-hydrogen) atoms. The molecule has 0 aromatic carbocycles. The molecule has 4 heteroatoms. The highest BCUT2D eigenvalue weighted by Gasteiger charge is 2.17. The highest BCUT2D eigenvalue weighted by Crippen LogP contribution is 2.23. The maximum Gasteiger partial charge on any atom is 0.107 e. The molecule has 1 atom stereocenters. The second-order valence-corrected chi connectivity index (χ2v) is 6.87. The van der Waals surface area contributed by atoms with Gasteiger partial charge in [-0.1, -0.05) is 36.7 Å². The fraction of sp³-hybridized carbons (Fsp3) is 0.750. The molecule has 92 valence electrons. The first-order chi connectivity index (χ1) is 7.43. The molecular formula is C12H21BrN2S. The predicted octanol–water partition coefficient (Wildman–Crippen LogP) is 3.70. The molecule has 0 saturated heterocycles. The summed E-state index contributed by atoms with van der Waals surface area (Å²) in [6.45, 7) is 9.70. The SMILES string of the molecule is CC(CCBr)NCc1nc(C(C)(C)C)cs1. The second kappa shape index (κ2) is 6.12. The summed E-state index contributed by atoms with van der Waals surface area (Å²) < 4.78 is 0. The number of nitrogens with one attached hydrogen (secondary N) is 1. The number of alkyl halides is 1. The number of aromatic nitrogens is 1. The van der Waals surface area contributed by atoms with E-state index >= 15 is 0 Å². The van der Waals surface area contributed by atoms with E-state index in [1.807, 2.05) is 0 Å². The van der Waals surface area contributed by atoms with Crippen LogP contribution in [0.2, 0.25) is 0 Å². The van der Waals surface area contributed by atoms with Crippen LogP contribution in [-0.2, 0) is 12.0 Å². The average molecular weight is 305 g/mol. The molecule has 1 aromatic heterocycles. The third-order valence-electron chi connectivity index (χ3n) is 2.46. The minimum absolute atomic E-state index is 0.163. The van der Waals surface area contributed by atoms with Crippen LogP contribution in [0.25, 0.3) is 0 Å². The highest BCUT2D eigenvalue weighted by atomic mass is 79.9. The minimum atomic E-state index is 0.163. The fourth-order valence-electron chi connectivity index (χ4n) is 1.26. The van der Waals surface area contributed by atoms with E-state index < -0.39 is 0 Å². The Labute approximate surface area is 111 Å². The Morgan fingerprint density at radius 1 is 1.50 bits per heavy atom. The van der Waals surface area contributed by atoms with Crippen LogP contribution in [0.1, 0.15) is 44.8 Å². The van der Waals surface area contributed by atoms with E-state index in [9.17, 15) is 0 Å². The highest BCUT2D eigenvalue weighted by molar-refractivity contribution is 9.09. The summed E-state index contributed by atoms with van der Waals surface area (Å²) >= 11 is 5.20. The number of halogens is 1. The Morgan fingerprint density at radius 3 is 2.69 bits per heavy atom. The van der Waals surface area contributed by atoms with E-state index in [1.54, 1.807) is 11.3 Å². The Kier molecular flexibility index (Phi) is 5.41. The van der Waals surface area contributed by atoms with Crippen LogP contribution >= 0.6 is 27.3 Å². The molecule has 0 bridgehead atoms. The van der Waals surface area contributed by atoms with Crippen LogP contribution in [0.3, 0.4) is 0 Å². The lowest BCUT2D eigenvalue weighted by molar-refractivity contribution is 0.531. The van der Waals surface area contributed by atoms with Crippen LogP contribution < -0.4 is 5.32 Å². The summed E-state index contributed by atoms with van der Waals surface area (Å²) in [7, 11) is 0. The van der Waals surface area contributed by atoms with Crippen molar-refractivity contribution in [3.8, 4) is 0 Å². The van der Waals surface area contributed by atoms with Gasteiger partial charge in [-0.3, -0.25) is 0 Å². The monoisotopic (exact) mass is 304 g/mol. The molecule has 0 aliphatic carbocycles. The van der Waals surface area contributed by atoms with Gasteiger partial charge >= 0.3 is 0 Å². The zero-order chi connectivity index (χ0) is 12.2. The number of thiazole rings is 1. The van der Waals surface area contributed by atoms with Crippen molar-refractivity contribution in [3.63, 3.8) is 0 Å². The summed E-state index contributed by atoms with van der Waals surface area (Å²) in [4.78, 5) is 4.66. The maximum absolute atomic E-state index is 4.66. The van der Waals surface area contributed by atoms with Gasteiger partial charge in [0.25, 0.3) is 0 Å². The molecule has 0 amide bonds. The van der Waals surface area contributed by atoms with E-state index in [0.29, 0.717) is 6.04 Å². The molecule has 1 N–H and O–H groups in total. The number of hydrogen-bond acceptors (Lipinski definition) is 3. The normalized spacial score (nSPS) is 14.1. The molecule has 1 unspecified atom stereocenters. The molecule has 0 saturated carbocycles. The van der Waals surface area contributed by atoms with Crippen LogP contribution in [0, 0.1) is 0 Å². The molecule has 0 radical (unpaired) electrons. The van der Waals surface area contributed by atoms with E-state index in [-0.39, 0.29) is 5.41 Å². The molecule has 0 spiro atoms. The van der Waals surface area contributed by atoms with Gasteiger partial charge in [0.1, 0.15) is 5.01 Å². The third kappa shape index (κ3) is 4.52. The first-order valence-electron chi connectivity index (χ1n) is 5.67. The van der Waals surface area contributed by atoms with Crippen molar-refractivity contribution in [2.75, 3.05) is 5.33 Å². The third-order valence-corrected chi connectivity index (χ3v) is 3.77. The van der Waals surface area contributed by atoms with E-state index in [2.05, 4.69) is 59.3 Å². The van der Waals surface area contributed by atoms with Gasteiger partial charge in [0, 0.05) is 28.7 Å². The quantitative estimate of drug-likeness (QED) is 0.839. The first-order valence-corrected chi connectivity index (χ1v) is 7.68. The lowest BCUT2D eigenvalue weighted by Gasteiger charge is -2.14. The minimum Gasteiger partial charge on any atom is -0.308 e. The molecule has 2 nitrogen and oxygen atoms in total. The Hall–Kier alpha value is 0.0700. The largest absolute Gasteiger partial charge is 0.308 e. The molecule has 0 aliphatic rings. The summed E-state index contributed by atoms with van der Waals surface area (Å²) in [6, 6.07) is 0.543. The zero-order valence-corrected chi connectivity index (χ0v) is 12.9. The van der Waals surface area contributed by atoms with Gasteiger partial charge < -0.3 is 5.32 Å². The van der Waals surface area contributed by atoms with Gasteiger partial charge in [-0.05, 0) is 13.3 Å². The van der Waals surface area contributed by atoms with Crippen LogP contribution in [0.15, 0.2) is 5.38 Å². The summed E-state index contributed by atoms with van der Waals surface area (Å²) in [5.41, 5.74) is 1.36. The van der Waals surface area contributed by atoms with Crippen LogP contribution in [-0.4, -0.2) is 16.4 Å². The van der Waals surface area contributed by atoms with Gasteiger partial charge in [0.2, 0.25) is 0 Å². The van der Waals surface area contributed by atoms with Crippen molar-refractivity contribution in [3.05, 3.63) is 16.1 Å². The average Bonchev–Trinajstić information content (AvgIpc) is 2.63. The topological polar surface area (TPSA) is 24.9 Å². The van der Waals surface area contributed by atoms with E-state index in [1.165, 1.54) is 10.7 Å². The first kappa shape index (κ1) is 14.1. The second-order valence-electron chi connectivity index (χ2n) is 5.14. The van der Waals surface area contributed by atoms with Gasteiger partial charge in [-0.25, -0.2) is 4.98 Å². The number of nitrogens with zero attached hydrogens (tertiary/aromatic N) is 1. The molecule has 0 fully saturated rings. The van der Waals surface area contributed by atoms with Crippen molar-refractivity contribution in [2.45, 2.75) is 52.1 Å². The standard InChI is InChI=1S/C12H21BrN2S/c1-9(5-6-13)14-7-11-15-10(8-16-11)12(2,3)4/h8-9,14H,5-7H2,1-4H3. The van der Waals surface area contributed by atoms with Crippen molar-refractivity contribution < 1.29 is 0 Å². The molecule has 1 heterocycles. The van der Waals surface area contributed by atoms with Crippen molar-refractivity contribution in [1.29, 1.82) is 0 Å². The smallest absolute Gasteiger partial charge is 0.107 e. The lowest BCUT2D eigenvalue weighted by atomic mass is 9.93. The zero-order valence-electron chi connectivity index (χ0n) is 10.5. The van der Waals surface area contributed by atoms with Gasteiger partial charge in [-0.2, -0.15) is 0 Å². The summed E-state index contributed by atoms with van der Waals surface area (Å²) in [5.74, 6) is 0. The maximum atomic E-state index is 4.66. The predicted molar refractivity (Wildman–Crippen MR) is 75.5 cm³/mol. The van der Waals surface area contributed by atoms with Gasteiger partial charge in [0.05, 0.1) is 5.69 Å². The van der Waals surface area contributed by atoms with Gasteiger partial charge in [0.15, 0.2) is 0 Å². The summed E-state index contributed by atoms with van der Waals surface area (Å²) in [6.07, 6.45) is 1.15. The molecular weight excluding hydrogens is 284 g/mol. The van der Waals surface area contributed by atoms with E-state index in [0.717, 1.165) is 18.3 Å². The lowest BCUT2D eigenvalue weighted by Crippen LogP contribution is -2.25. The Morgan fingerprint density at radius 2 is 2.19 bits per heavy atom. The molecule has 1 aromatic rings. The van der Waals surface area contributed by atoms with Crippen LogP contribution in [0.5, 0.6) is 0 Å². The van der Waals surface area contributed by atoms with Gasteiger partial charge in [-0.15, -0.1) is 11.3 Å². The van der Waals surface area contributed by atoms with Crippen LogP contribution in [0.4, 0.5) is 0 Å². The number of hydrogen-bond donors (Lipinski definition) is 1. The van der Waals surface area contributed by atoms with Crippen molar-refractivity contribution >= 4 is 27.3 Å². The number of rotatable bonds is 5. The van der Waals surface area contributed by atoms with E-state index in [4.69, 9.17) is 0 Å². The molecule has 0 aliphatic heterocycles. The molecule has 1 rings (SSSR count). The fourth-order valence-corrected chi connectivity index (χ4v) is 2.92. The van der Waals surface area contributed by atoms with Crippen molar-refractivity contribution in [2.24, 2.45) is 0 Å². The Bertz CT molecular complexity index is 317. The Balaban J connectivity index is 2.47. The van der Waals surface area contributed by atoms with Crippen molar-refractivity contribution in [1.82, 2.24) is 10.3 Å².